The monoisotopic (exact) mass is 397 g/mol. The molecule has 2 aliphatic rings. The minimum absolute atomic E-state index is 0.0718. The fourth-order valence-corrected chi connectivity index (χ4v) is 3.88. The van der Waals surface area contributed by atoms with E-state index in [4.69, 9.17) is 14.6 Å². The number of amides is 1. The zero-order chi connectivity index (χ0) is 17.3. The summed E-state index contributed by atoms with van der Waals surface area (Å²) in [7, 11) is 1.62. The fraction of sp³-hybridized carbons (Fsp3) is 0.529. The molecule has 1 unspecified atom stereocenters. The van der Waals surface area contributed by atoms with Crippen LogP contribution in [0.4, 0.5) is 0 Å². The molecule has 24 heavy (non-hydrogen) atoms. The van der Waals surface area contributed by atoms with E-state index in [1.54, 1.807) is 12.0 Å². The van der Waals surface area contributed by atoms with Gasteiger partial charge in [0.25, 0.3) is 5.91 Å². The molecule has 0 spiro atoms. The third-order valence-corrected chi connectivity index (χ3v) is 5.15. The summed E-state index contributed by atoms with van der Waals surface area (Å²) >= 11 is 3.47. The van der Waals surface area contributed by atoms with E-state index in [0.29, 0.717) is 19.4 Å². The molecule has 1 N–H and O–H groups in total. The van der Waals surface area contributed by atoms with Gasteiger partial charge in [0.1, 0.15) is 11.9 Å². The highest BCUT2D eigenvalue weighted by atomic mass is 79.9. The van der Waals surface area contributed by atoms with Crippen LogP contribution in [0.25, 0.3) is 0 Å². The quantitative estimate of drug-likeness (QED) is 0.844. The van der Waals surface area contributed by atoms with Gasteiger partial charge in [-0.3, -0.25) is 4.79 Å². The van der Waals surface area contributed by atoms with Crippen molar-refractivity contribution >= 4 is 27.8 Å². The molecule has 1 aromatic carbocycles. The van der Waals surface area contributed by atoms with E-state index in [1.165, 1.54) is 0 Å². The van der Waals surface area contributed by atoms with Crippen LogP contribution in [0, 0.1) is 0 Å². The summed E-state index contributed by atoms with van der Waals surface area (Å²) in [5.41, 5.74) is 0.963. The fourth-order valence-electron chi connectivity index (χ4n) is 3.50. The van der Waals surface area contributed by atoms with Crippen molar-refractivity contribution in [2.24, 2.45) is 0 Å². The molecule has 7 heteroatoms. The number of aliphatic carboxylic acids is 1. The first-order valence-corrected chi connectivity index (χ1v) is 8.82. The highest BCUT2D eigenvalue weighted by Crippen LogP contribution is 2.39. The lowest BCUT2D eigenvalue weighted by Gasteiger charge is -2.28. The van der Waals surface area contributed by atoms with Crippen LogP contribution < -0.4 is 4.74 Å². The standard InChI is InChI=1S/C17H20BrNO5/c1-23-13-5-4-10(18)9-11(13)12-3-2-8-19(12)16(20)14-6-7-15(24-14)17(21)22/h4-5,9,12,14-15H,2-3,6-8H2,1H3,(H,21,22)/t12?,14-,15+/m0/s1. The number of carbonyl (C=O) groups excluding carboxylic acids is 1. The van der Waals surface area contributed by atoms with E-state index in [2.05, 4.69) is 15.9 Å². The van der Waals surface area contributed by atoms with Crippen molar-refractivity contribution in [2.75, 3.05) is 13.7 Å². The number of benzene rings is 1. The molecule has 0 bridgehead atoms. The molecular weight excluding hydrogens is 378 g/mol. The lowest BCUT2D eigenvalue weighted by atomic mass is 10.0. The molecule has 2 heterocycles. The zero-order valence-electron chi connectivity index (χ0n) is 13.4. The Morgan fingerprint density at radius 3 is 2.71 bits per heavy atom. The van der Waals surface area contributed by atoms with Crippen molar-refractivity contribution in [1.82, 2.24) is 4.90 Å². The first kappa shape index (κ1) is 17.2. The molecule has 130 valence electrons. The van der Waals surface area contributed by atoms with Crippen LogP contribution in [0.3, 0.4) is 0 Å². The molecule has 3 rings (SSSR count). The van der Waals surface area contributed by atoms with Crippen molar-refractivity contribution in [1.29, 1.82) is 0 Å². The normalized spacial score (nSPS) is 26.6. The number of methoxy groups -OCH3 is 1. The first-order valence-electron chi connectivity index (χ1n) is 8.03. The average molecular weight is 398 g/mol. The predicted octanol–water partition coefficient (Wildman–Crippen LogP) is 2.75. The zero-order valence-corrected chi connectivity index (χ0v) is 15.0. The second-order valence-electron chi connectivity index (χ2n) is 6.10. The van der Waals surface area contributed by atoms with E-state index in [1.807, 2.05) is 18.2 Å². The largest absolute Gasteiger partial charge is 0.496 e. The molecular formula is C17H20BrNO5. The van der Waals surface area contributed by atoms with Crippen LogP contribution >= 0.6 is 15.9 Å². The Kier molecular flexibility index (Phi) is 5.10. The summed E-state index contributed by atoms with van der Waals surface area (Å²) in [5, 5.41) is 9.04. The Labute approximate surface area is 148 Å². The van der Waals surface area contributed by atoms with Gasteiger partial charge in [0.2, 0.25) is 0 Å². The Bertz CT molecular complexity index is 650. The number of hydrogen-bond donors (Lipinski definition) is 1. The number of halogens is 1. The molecule has 2 aliphatic heterocycles. The number of carbonyl (C=O) groups is 2. The first-order chi connectivity index (χ1) is 11.5. The van der Waals surface area contributed by atoms with E-state index in [-0.39, 0.29) is 11.9 Å². The second kappa shape index (κ2) is 7.11. The van der Waals surface area contributed by atoms with Crippen LogP contribution in [-0.2, 0) is 14.3 Å². The molecule has 2 saturated heterocycles. The number of carboxylic acid groups (broad SMARTS) is 1. The van der Waals surface area contributed by atoms with Crippen molar-refractivity contribution < 1.29 is 24.2 Å². The minimum Gasteiger partial charge on any atom is -0.496 e. The maximum Gasteiger partial charge on any atom is 0.332 e. The van der Waals surface area contributed by atoms with Crippen molar-refractivity contribution in [3.05, 3.63) is 28.2 Å². The van der Waals surface area contributed by atoms with Crippen LogP contribution in [0.15, 0.2) is 22.7 Å². The van der Waals surface area contributed by atoms with Gasteiger partial charge in [0.05, 0.1) is 13.2 Å². The molecule has 0 saturated carbocycles. The van der Waals surface area contributed by atoms with Gasteiger partial charge in [-0.1, -0.05) is 15.9 Å². The Morgan fingerprint density at radius 2 is 2.04 bits per heavy atom. The number of likely N-dealkylation sites (tertiary alicyclic amines) is 1. The van der Waals surface area contributed by atoms with Gasteiger partial charge in [-0.25, -0.2) is 4.79 Å². The SMILES string of the molecule is COc1ccc(Br)cc1C1CCCN1C(=O)[C@@H]1CC[C@H](C(=O)O)O1. The topological polar surface area (TPSA) is 76.1 Å². The van der Waals surface area contributed by atoms with Gasteiger partial charge in [-0.15, -0.1) is 0 Å². The van der Waals surface area contributed by atoms with Gasteiger partial charge < -0.3 is 19.5 Å². The molecule has 0 radical (unpaired) electrons. The van der Waals surface area contributed by atoms with Crippen molar-refractivity contribution in [2.45, 2.75) is 43.9 Å². The Balaban J connectivity index is 1.80. The van der Waals surface area contributed by atoms with Crippen molar-refractivity contribution in [3.8, 4) is 5.75 Å². The minimum atomic E-state index is -1.00. The second-order valence-corrected chi connectivity index (χ2v) is 7.02. The lowest BCUT2D eigenvalue weighted by Crippen LogP contribution is -2.39. The van der Waals surface area contributed by atoms with Crippen LogP contribution in [0.5, 0.6) is 5.75 Å². The molecule has 1 aromatic rings. The number of nitrogens with zero attached hydrogens (tertiary/aromatic N) is 1. The van der Waals surface area contributed by atoms with Crippen molar-refractivity contribution in [3.63, 3.8) is 0 Å². The Morgan fingerprint density at radius 1 is 1.29 bits per heavy atom. The molecule has 2 fully saturated rings. The summed E-state index contributed by atoms with van der Waals surface area (Å²) < 4.78 is 11.8. The van der Waals surface area contributed by atoms with Crippen LogP contribution in [-0.4, -0.2) is 47.7 Å². The lowest BCUT2D eigenvalue weighted by molar-refractivity contribution is -0.155. The molecule has 0 aliphatic carbocycles. The summed E-state index contributed by atoms with van der Waals surface area (Å²) in [5.74, 6) is -0.376. The van der Waals surface area contributed by atoms with E-state index in [0.717, 1.165) is 28.6 Å². The van der Waals surface area contributed by atoms with E-state index in [9.17, 15) is 9.59 Å². The number of rotatable bonds is 4. The number of ether oxygens (including phenoxy) is 2. The Hall–Kier alpha value is -1.60. The summed E-state index contributed by atoms with van der Waals surface area (Å²) in [6, 6.07) is 5.69. The predicted molar refractivity (Wildman–Crippen MR) is 89.9 cm³/mol. The maximum atomic E-state index is 12.8. The van der Waals surface area contributed by atoms with Gasteiger partial charge in [-0.2, -0.15) is 0 Å². The van der Waals surface area contributed by atoms with Gasteiger partial charge in [0, 0.05) is 16.6 Å². The summed E-state index contributed by atoms with van der Waals surface area (Å²) in [6.07, 6.45) is 1.05. The summed E-state index contributed by atoms with van der Waals surface area (Å²) in [6.45, 7) is 0.650. The molecule has 0 aromatic heterocycles. The number of hydrogen-bond acceptors (Lipinski definition) is 4. The van der Waals surface area contributed by atoms with Crippen LogP contribution in [0.1, 0.15) is 37.3 Å². The van der Waals surface area contributed by atoms with Gasteiger partial charge in [-0.05, 0) is 43.9 Å². The molecule has 1 amide bonds. The van der Waals surface area contributed by atoms with Gasteiger partial charge in [0.15, 0.2) is 6.10 Å². The number of carboxylic acids is 1. The van der Waals surface area contributed by atoms with E-state index >= 15 is 0 Å². The third kappa shape index (κ3) is 3.28. The highest BCUT2D eigenvalue weighted by Gasteiger charge is 2.40. The highest BCUT2D eigenvalue weighted by molar-refractivity contribution is 9.10. The third-order valence-electron chi connectivity index (χ3n) is 4.66. The molecule has 6 nitrogen and oxygen atoms in total. The average Bonchev–Trinajstić information content (AvgIpc) is 3.23. The molecule has 3 atom stereocenters. The summed E-state index contributed by atoms with van der Waals surface area (Å²) in [4.78, 5) is 25.7. The van der Waals surface area contributed by atoms with E-state index < -0.39 is 18.2 Å². The smallest absolute Gasteiger partial charge is 0.332 e. The van der Waals surface area contributed by atoms with Gasteiger partial charge >= 0.3 is 5.97 Å². The maximum absolute atomic E-state index is 12.8. The van der Waals surface area contributed by atoms with Crippen LogP contribution in [0.2, 0.25) is 0 Å².